The third-order valence-electron chi connectivity index (χ3n) is 6.26. The topological polar surface area (TPSA) is 49.9 Å². The van der Waals surface area contributed by atoms with Gasteiger partial charge in [0, 0.05) is 31.7 Å². The Kier molecular flexibility index (Phi) is 6.65. The molecular weight excluding hydrogens is 415 g/mol. The predicted molar refractivity (Wildman–Crippen MR) is 119 cm³/mol. The number of benzene rings is 2. The molecule has 31 heavy (non-hydrogen) atoms. The number of ether oxygens (including phenoxy) is 1. The maximum absolute atomic E-state index is 14.2. The number of hydrogen-bond donors (Lipinski definition) is 0. The van der Waals surface area contributed by atoms with Crippen LogP contribution in [-0.4, -0.2) is 49.4 Å². The van der Waals surface area contributed by atoms with Crippen molar-refractivity contribution in [3.8, 4) is 5.75 Å². The molecule has 0 saturated carbocycles. The summed E-state index contributed by atoms with van der Waals surface area (Å²) in [5, 5.41) is 0. The minimum atomic E-state index is -3.65. The lowest BCUT2D eigenvalue weighted by Crippen LogP contribution is -2.47. The van der Waals surface area contributed by atoms with Gasteiger partial charge in [0.1, 0.15) is 22.6 Å². The van der Waals surface area contributed by atoms with Crippen molar-refractivity contribution in [3.05, 3.63) is 59.9 Å². The summed E-state index contributed by atoms with van der Waals surface area (Å²) in [6.07, 6.45) is 1.92. The average molecular weight is 447 g/mol. The van der Waals surface area contributed by atoms with E-state index >= 15 is 0 Å². The Morgan fingerprint density at radius 1 is 1.06 bits per heavy atom. The molecule has 2 aromatic carbocycles. The first-order valence-corrected chi connectivity index (χ1v) is 12.5. The summed E-state index contributed by atoms with van der Waals surface area (Å²) in [7, 11) is -3.65. The zero-order chi connectivity index (χ0) is 22.0. The molecule has 0 unspecified atom stereocenters. The van der Waals surface area contributed by atoms with Gasteiger partial charge in [0.05, 0.1) is 6.04 Å². The Hall–Kier alpha value is -1.96. The van der Waals surface area contributed by atoms with Gasteiger partial charge in [-0.25, -0.2) is 12.8 Å². The van der Waals surface area contributed by atoms with E-state index in [-0.39, 0.29) is 22.9 Å². The molecule has 0 aliphatic carbocycles. The van der Waals surface area contributed by atoms with Crippen LogP contribution in [0, 0.1) is 11.7 Å². The quantitative estimate of drug-likeness (QED) is 0.688. The molecule has 0 bridgehead atoms. The normalized spacial score (nSPS) is 24.0. The van der Waals surface area contributed by atoms with Crippen molar-refractivity contribution in [2.24, 2.45) is 5.92 Å². The van der Waals surface area contributed by atoms with Crippen molar-refractivity contribution in [1.29, 1.82) is 0 Å². The van der Waals surface area contributed by atoms with Crippen molar-refractivity contribution in [2.75, 3.05) is 19.6 Å². The molecule has 2 aromatic rings. The standard InChI is InChI=1S/C24H31FN2O3S/c1-18(2)11-16-27-21-12-14-26(17-19-7-3-4-8-20(19)25)15-13-22(21)30-23-9-5-6-10-24(23)31(27,28)29/h3-10,18,21-22H,11-17H2,1-2H3/t21-,22-/m1/s1. The first-order chi connectivity index (χ1) is 14.9. The number of sulfonamides is 1. The van der Waals surface area contributed by atoms with Crippen molar-refractivity contribution < 1.29 is 17.5 Å². The SMILES string of the molecule is CC(C)CCN1[C@@H]2CCN(Cc3ccccc3F)CC[C@H]2Oc2ccccc2S1(=O)=O. The van der Waals surface area contributed by atoms with Crippen molar-refractivity contribution >= 4 is 10.0 Å². The summed E-state index contributed by atoms with van der Waals surface area (Å²) in [4.78, 5) is 2.46. The molecule has 2 heterocycles. The highest BCUT2D eigenvalue weighted by Gasteiger charge is 2.43. The van der Waals surface area contributed by atoms with Crippen LogP contribution in [-0.2, 0) is 16.6 Å². The average Bonchev–Trinajstić information content (AvgIpc) is 2.97. The van der Waals surface area contributed by atoms with E-state index in [0.29, 0.717) is 49.7 Å². The number of nitrogens with zero attached hydrogens (tertiary/aromatic N) is 2. The van der Waals surface area contributed by atoms with Gasteiger partial charge < -0.3 is 4.74 Å². The van der Waals surface area contributed by atoms with E-state index in [2.05, 4.69) is 18.7 Å². The molecular formula is C24H31FN2O3S. The number of para-hydroxylation sites is 1. The predicted octanol–water partition coefficient (Wildman–Crippen LogP) is 4.29. The molecule has 168 valence electrons. The van der Waals surface area contributed by atoms with Gasteiger partial charge in [0.15, 0.2) is 0 Å². The fourth-order valence-electron chi connectivity index (χ4n) is 4.51. The van der Waals surface area contributed by atoms with Gasteiger partial charge in [0.25, 0.3) is 0 Å². The first kappa shape index (κ1) is 22.2. The Morgan fingerprint density at radius 3 is 2.55 bits per heavy atom. The van der Waals surface area contributed by atoms with E-state index < -0.39 is 10.0 Å². The van der Waals surface area contributed by atoms with Gasteiger partial charge in [0.2, 0.25) is 10.0 Å². The highest BCUT2D eigenvalue weighted by atomic mass is 32.2. The van der Waals surface area contributed by atoms with Crippen molar-refractivity contribution in [1.82, 2.24) is 9.21 Å². The Labute approximate surface area is 184 Å². The van der Waals surface area contributed by atoms with E-state index in [9.17, 15) is 12.8 Å². The monoisotopic (exact) mass is 446 g/mol. The lowest BCUT2D eigenvalue weighted by atomic mass is 10.0. The van der Waals surface area contributed by atoms with Crippen LogP contribution in [0.5, 0.6) is 5.75 Å². The molecule has 0 spiro atoms. The molecule has 0 aromatic heterocycles. The van der Waals surface area contributed by atoms with Gasteiger partial charge in [-0.3, -0.25) is 4.90 Å². The molecule has 7 heteroatoms. The molecule has 2 aliphatic heterocycles. The van der Waals surface area contributed by atoms with Gasteiger partial charge >= 0.3 is 0 Å². The van der Waals surface area contributed by atoms with E-state index in [4.69, 9.17) is 4.74 Å². The summed E-state index contributed by atoms with van der Waals surface area (Å²) in [5.41, 5.74) is 0.667. The molecule has 2 atom stereocenters. The molecule has 5 nitrogen and oxygen atoms in total. The lowest BCUT2D eigenvalue weighted by Gasteiger charge is -2.32. The van der Waals surface area contributed by atoms with Crippen molar-refractivity contribution in [3.63, 3.8) is 0 Å². The number of likely N-dealkylation sites (tertiary alicyclic amines) is 1. The Morgan fingerprint density at radius 2 is 1.77 bits per heavy atom. The third-order valence-corrected chi connectivity index (χ3v) is 8.23. The number of hydrogen-bond acceptors (Lipinski definition) is 4. The maximum Gasteiger partial charge on any atom is 0.247 e. The van der Waals surface area contributed by atoms with Crippen LogP contribution >= 0.6 is 0 Å². The highest BCUT2D eigenvalue weighted by molar-refractivity contribution is 7.89. The van der Waals surface area contributed by atoms with Crippen LogP contribution in [0.2, 0.25) is 0 Å². The largest absolute Gasteiger partial charge is 0.487 e. The van der Waals surface area contributed by atoms with E-state index in [0.717, 1.165) is 13.0 Å². The minimum absolute atomic E-state index is 0.202. The third kappa shape index (κ3) is 4.78. The second-order valence-electron chi connectivity index (χ2n) is 8.91. The van der Waals surface area contributed by atoms with Gasteiger partial charge in [-0.05, 0) is 43.4 Å². The van der Waals surface area contributed by atoms with E-state index in [1.807, 2.05) is 18.2 Å². The van der Waals surface area contributed by atoms with Gasteiger partial charge in [-0.15, -0.1) is 0 Å². The summed E-state index contributed by atoms with van der Waals surface area (Å²) >= 11 is 0. The second-order valence-corrected chi connectivity index (χ2v) is 10.8. The molecule has 1 fully saturated rings. The fourth-order valence-corrected chi connectivity index (χ4v) is 6.32. The van der Waals surface area contributed by atoms with E-state index in [1.165, 1.54) is 6.07 Å². The molecule has 0 amide bonds. The Balaban J connectivity index is 1.62. The van der Waals surface area contributed by atoms with Crippen LogP contribution in [0.1, 0.15) is 38.7 Å². The summed E-state index contributed by atoms with van der Waals surface area (Å²) in [6.45, 7) is 6.64. The zero-order valence-corrected chi connectivity index (χ0v) is 19.0. The maximum atomic E-state index is 14.2. The highest BCUT2D eigenvalue weighted by Crippen LogP contribution is 2.36. The molecule has 1 saturated heterocycles. The zero-order valence-electron chi connectivity index (χ0n) is 18.2. The molecule has 0 radical (unpaired) electrons. The first-order valence-electron chi connectivity index (χ1n) is 11.1. The Bertz CT molecular complexity index is 1010. The smallest absolute Gasteiger partial charge is 0.247 e. The summed E-state index contributed by atoms with van der Waals surface area (Å²) in [6, 6.07) is 13.6. The van der Waals surface area contributed by atoms with Crippen molar-refractivity contribution in [2.45, 2.75) is 56.7 Å². The number of halogens is 1. The van der Waals surface area contributed by atoms with Crippen LogP contribution < -0.4 is 4.74 Å². The van der Waals surface area contributed by atoms with Crippen LogP contribution in [0.25, 0.3) is 0 Å². The summed E-state index contributed by atoms with van der Waals surface area (Å²) < 4.78 is 49.4. The second kappa shape index (κ2) is 9.27. The minimum Gasteiger partial charge on any atom is -0.487 e. The number of rotatable bonds is 5. The van der Waals surface area contributed by atoms with Crippen LogP contribution in [0.3, 0.4) is 0 Å². The number of fused-ring (bicyclic) bond motifs is 2. The van der Waals surface area contributed by atoms with E-state index in [1.54, 1.807) is 28.6 Å². The lowest BCUT2D eigenvalue weighted by molar-refractivity contribution is 0.111. The van der Waals surface area contributed by atoms with Gasteiger partial charge in [-0.2, -0.15) is 4.31 Å². The molecule has 4 rings (SSSR count). The van der Waals surface area contributed by atoms with Gasteiger partial charge in [-0.1, -0.05) is 44.2 Å². The summed E-state index contributed by atoms with van der Waals surface area (Å²) in [5.74, 6) is 0.635. The molecule has 0 N–H and O–H groups in total. The van der Waals surface area contributed by atoms with Crippen LogP contribution in [0.4, 0.5) is 4.39 Å². The fraction of sp³-hybridized carbons (Fsp3) is 0.500. The van der Waals surface area contributed by atoms with Crippen LogP contribution in [0.15, 0.2) is 53.4 Å². The molecule has 2 aliphatic rings.